The summed E-state index contributed by atoms with van der Waals surface area (Å²) in [5.41, 5.74) is 0. The maximum Gasteiger partial charge on any atom is 0.317 e. The highest BCUT2D eigenvalue weighted by molar-refractivity contribution is 5.70. The summed E-state index contributed by atoms with van der Waals surface area (Å²) < 4.78 is 0. The van der Waals surface area contributed by atoms with Gasteiger partial charge in [0.15, 0.2) is 0 Å². The third kappa shape index (κ3) is 14.7. The van der Waals surface area contributed by atoms with Crippen LogP contribution in [0.15, 0.2) is 0 Å². The number of hydrogen-bond donors (Lipinski definition) is 5. The highest BCUT2D eigenvalue weighted by Crippen LogP contribution is 2.04. The maximum atomic E-state index is 11.3. The van der Waals surface area contributed by atoms with Crippen molar-refractivity contribution >= 4 is 23.9 Å². The van der Waals surface area contributed by atoms with Gasteiger partial charge in [0, 0.05) is 38.8 Å². The van der Waals surface area contributed by atoms with Gasteiger partial charge >= 0.3 is 23.9 Å². The predicted octanol–water partition coefficient (Wildman–Crippen LogP) is -1.38. The minimum Gasteiger partial charge on any atom is -0.480 e. The molecule has 0 aliphatic carbocycles. The molecule has 0 saturated carbocycles. The van der Waals surface area contributed by atoms with Crippen LogP contribution >= 0.6 is 0 Å². The van der Waals surface area contributed by atoms with Crippen LogP contribution in [0.1, 0.15) is 20.3 Å². The molecule has 0 radical (unpaired) electrons. The van der Waals surface area contributed by atoms with E-state index in [1.807, 2.05) is 6.92 Å². The van der Waals surface area contributed by atoms with Crippen LogP contribution in [-0.4, -0.2) is 130 Å². The molecule has 0 aliphatic rings. The van der Waals surface area contributed by atoms with E-state index in [0.717, 1.165) is 6.42 Å². The van der Waals surface area contributed by atoms with Gasteiger partial charge < -0.3 is 25.7 Å². The lowest BCUT2D eigenvalue weighted by atomic mass is 10.2. The number of rotatable bonds is 19. The number of carboxylic acid groups (broad SMARTS) is 4. The second-order valence-electron chi connectivity index (χ2n) is 7.08. The number of nitrogens with zero attached hydrogens (tertiary/aromatic N) is 3. The summed E-state index contributed by atoms with van der Waals surface area (Å²) in [6.45, 7) is 4.90. The van der Waals surface area contributed by atoms with Gasteiger partial charge in [0.25, 0.3) is 0 Å². The lowest BCUT2D eigenvalue weighted by Gasteiger charge is -2.33. The topological polar surface area (TPSA) is 171 Å². The molecule has 0 aliphatic heterocycles. The van der Waals surface area contributed by atoms with Crippen LogP contribution in [0, 0.1) is 0 Å². The van der Waals surface area contributed by atoms with Crippen molar-refractivity contribution < 1.29 is 39.6 Å². The normalized spacial score (nSPS) is 12.4. The second-order valence-corrected chi connectivity index (χ2v) is 7.08. The average molecular weight is 434 g/mol. The van der Waals surface area contributed by atoms with Crippen molar-refractivity contribution in [2.45, 2.75) is 26.3 Å². The van der Waals surface area contributed by atoms with Crippen molar-refractivity contribution in [3.63, 3.8) is 0 Å². The van der Waals surface area contributed by atoms with Crippen molar-refractivity contribution in [2.24, 2.45) is 0 Å². The van der Waals surface area contributed by atoms with Gasteiger partial charge in [-0.3, -0.25) is 33.9 Å². The average Bonchev–Trinajstić information content (AvgIpc) is 2.60. The van der Waals surface area contributed by atoms with E-state index in [9.17, 15) is 24.3 Å². The fourth-order valence-electron chi connectivity index (χ4n) is 3.02. The third-order valence-corrected chi connectivity index (χ3v) is 4.33. The summed E-state index contributed by atoms with van der Waals surface area (Å²) in [5.74, 6) is -4.04. The highest BCUT2D eigenvalue weighted by atomic mass is 16.4. The molecule has 0 aromatic heterocycles. The minimum absolute atomic E-state index is 0.135. The van der Waals surface area contributed by atoms with Crippen LogP contribution < -0.4 is 5.32 Å². The first kappa shape index (κ1) is 27.7. The molecule has 0 spiro atoms. The smallest absolute Gasteiger partial charge is 0.317 e. The summed E-state index contributed by atoms with van der Waals surface area (Å²) in [4.78, 5) is 49.0. The van der Waals surface area contributed by atoms with E-state index in [1.165, 1.54) is 0 Å². The number of carbonyl (C=O) groups is 4. The van der Waals surface area contributed by atoms with Crippen LogP contribution in [0.3, 0.4) is 0 Å². The van der Waals surface area contributed by atoms with Crippen molar-refractivity contribution in [1.29, 1.82) is 0 Å². The van der Waals surface area contributed by atoms with Gasteiger partial charge in [-0.05, 0) is 19.9 Å². The van der Waals surface area contributed by atoms with Gasteiger partial charge in [0.1, 0.15) is 0 Å². The van der Waals surface area contributed by atoms with Crippen LogP contribution in [-0.2, 0) is 19.2 Å². The fourth-order valence-corrected chi connectivity index (χ4v) is 3.02. The molecule has 0 saturated heterocycles. The molecule has 5 N–H and O–H groups in total. The Kier molecular flexibility index (Phi) is 14.4. The minimum atomic E-state index is -1.04. The number of hydrogen-bond acceptors (Lipinski definition) is 8. The Balaban J connectivity index is 4.96. The Morgan fingerprint density at radius 1 is 0.767 bits per heavy atom. The van der Waals surface area contributed by atoms with Gasteiger partial charge in [-0.25, -0.2) is 0 Å². The molecule has 0 rings (SSSR count). The summed E-state index contributed by atoms with van der Waals surface area (Å²) in [6, 6.07) is -0.312. The molecule has 0 bridgehead atoms. The van der Waals surface area contributed by atoms with E-state index in [1.54, 1.807) is 21.6 Å². The number of carboxylic acids is 4. The SMILES string of the molecule is CCCN(CCN(CC(=O)O)C(C)CN(CCNCC(=O)O)CC(=O)O)CC(=O)O. The summed E-state index contributed by atoms with van der Waals surface area (Å²) in [5, 5.41) is 38.7. The van der Waals surface area contributed by atoms with E-state index in [0.29, 0.717) is 19.6 Å². The van der Waals surface area contributed by atoms with Gasteiger partial charge in [0.05, 0.1) is 26.2 Å². The van der Waals surface area contributed by atoms with Crippen LogP contribution in [0.2, 0.25) is 0 Å². The molecular weight excluding hydrogens is 400 g/mol. The van der Waals surface area contributed by atoms with Crippen LogP contribution in [0.4, 0.5) is 0 Å². The Bertz CT molecular complexity index is 560. The molecule has 0 fully saturated rings. The Morgan fingerprint density at radius 2 is 1.33 bits per heavy atom. The quantitative estimate of drug-likeness (QED) is 0.151. The maximum absolute atomic E-state index is 11.3. The number of nitrogens with one attached hydrogen (secondary N) is 1. The molecule has 0 aromatic carbocycles. The van der Waals surface area contributed by atoms with Gasteiger partial charge in [-0.2, -0.15) is 0 Å². The van der Waals surface area contributed by atoms with Gasteiger partial charge in [-0.15, -0.1) is 0 Å². The first-order valence-corrected chi connectivity index (χ1v) is 9.81. The molecule has 0 heterocycles. The van der Waals surface area contributed by atoms with E-state index < -0.39 is 23.9 Å². The molecule has 30 heavy (non-hydrogen) atoms. The lowest BCUT2D eigenvalue weighted by molar-refractivity contribution is -0.141. The molecular formula is C18H34N4O8. The summed E-state index contributed by atoms with van der Waals surface area (Å²) in [7, 11) is 0. The standard InChI is InChI=1S/C18H34N4O8/c1-3-5-20(11-16(25)26)7-8-22(13-18(29)30)14(2)10-21(12-17(27)28)6-4-19-9-15(23)24/h14,19H,3-13H2,1-2H3,(H,23,24)(H,25,26)(H,27,28)(H,29,30). The van der Waals surface area contributed by atoms with Gasteiger partial charge in [-0.1, -0.05) is 6.92 Å². The zero-order valence-corrected chi connectivity index (χ0v) is 17.6. The molecule has 0 aromatic rings. The summed E-state index contributed by atoms with van der Waals surface area (Å²) >= 11 is 0. The molecule has 0 amide bonds. The summed E-state index contributed by atoms with van der Waals surface area (Å²) in [6.07, 6.45) is 0.761. The molecule has 12 heteroatoms. The van der Waals surface area contributed by atoms with E-state index in [-0.39, 0.29) is 51.9 Å². The molecule has 12 nitrogen and oxygen atoms in total. The fraction of sp³-hybridized carbons (Fsp3) is 0.778. The van der Waals surface area contributed by atoms with E-state index in [4.69, 9.17) is 15.3 Å². The highest BCUT2D eigenvalue weighted by Gasteiger charge is 2.22. The van der Waals surface area contributed by atoms with Crippen molar-refractivity contribution in [1.82, 2.24) is 20.0 Å². The van der Waals surface area contributed by atoms with E-state index >= 15 is 0 Å². The Labute approximate surface area is 176 Å². The Morgan fingerprint density at radius 3 is 1.83 bits per heavy atom. The number of aliphatic carboxylic acids is 4. The van der Waals surface area contributed by atoms with E-state index in [2.05, 4.69) is 5.32 Å². The first-order chi connectivity index (χ1) is 14.0. The third-order valence-electron chi connectivity index (χ3n) is 4.33. The second kappa shape index (κ2) is 15.5. The predicted molar refractivity (Wildman–Crippen MR) is 108 cm³/mol. The lowest BCUT2D eigenvalue weighted by Crippen LogP contribution is -2.49. The van der Waals surface area contributed by atoms with Crippen LogP contribution in [0.25, 0.3) is 0 Å². The van der Waals surface area contributed by atoms with Crippen LogP contribution in [0.5, 0.6) is 0 Å². The molecule has 1 atom stereocenters. The van der Waals surface area contributed by atoms with Crippen molar-refractivity contribution in [3.8, 4) is 0 Å². The molecule has 1 unspecified atom stereocenters. The van der Waals surface area contributed by atoms with Crippen molar-refractivity contribution in [3.05, 3.63) is 0 Å². The first-order valence-electron chi connectivity index (χ1n) is 9.81. The largest absolute Gasteiger partial charge is 0.480 e. The molecule has 174 valence electrons. The van der Waals surface area contributed by atoms with Gasteiger partial charge in [0.2, 0.25) is 0 Å². The van der Waals surface area contributed by atoms with Crippen molar-refractivity contribution in [2.75, 3.05) is 65.4 Å². The zero-order valence-electron chi connectivity index (χ0n) is 17.6. The monoisotopic (exact) mass is 434 g/mol. The Hall–Kier alpha value is -2.28. The zero-order chi connectivity index (χ0) is 23.1.